The quantitative estimate of drug-likeness (QED) is 0.497. The van der Waals surface area contributed by atoms with Crippen molar-refractivity contribution in [1.82, 2.24) is 0 Å². The third-order valence-corrected chi connectivity index (χ3v) is 4.02. The van der Waals surface area contributed by atoms with Crippen molar-refractivity contribution in [3.63, 3.8) is 0 Å². The van der Waals surface area contributed by atoms with Crippen LogP contribution >= 0.6 is 0 Å². The third kappa shape index (κ3) is 2.60. The maximum atomic E-state index is 11.5. The molecule has 4 rings (SSSR count). The van der Waals surface area contributed by atoms with Crippen LogP contribution in [0.15, 0.2) is 60.4 Å². The molecule has 122 valence electrons. The smallest absolute Gasteiger partial charge is 0.277 e. The molecule has 0 aromatic heterocycles. The zero-order chi connectivity index (χ0) is 17.1. The van der Waals surface area contributed by atoms with E-state index in [4.69, 9.17) is 4.74 Å². The third-order valence-electron chi connectivity index (χ3n) is 4.02. The van der Waals surface area contributed by atoms with Crippen LogP contribution in [-0.4, -0.2) is 4.92 Å². The van der Waals surface area contributed by atoms with Crippen molar-refractivity contribution < 1.29 is 9.66 Å². The number of nitro groups is 1. The molecule has 4 nitrogen and oxygen atoms in total. The lowest BCUT2D eigenvalue weighted by atomic mass is 9.90. The molecule has 0 bridgehead atoms. The SMILES string of the molecule is CC.O=[N+]([O-])c1cccc2c1-c1ccccc1OC1=CCCC=C12. The molecule has 1 heterocycles. The Kier molecular flexibility index (Phi) is 4.47. The minimum absolute atomic E-state index is 0.112. The highest BCUT2D eigenvalue weighted by molar-refractivity contribution is 5.95. The van der Waals surface area contributed by atoms with Crippen molar-refractivity contribution >= 4 is 11.3 Å². The van der Waals surface area contributed by atoms with Crippen molar-refractivity contribution in [2.24, 2.45) is 0 Å². The first-order chi connectivity index (χ1) is 11.8. The largest absolute Gasteiger partial charge is 0.456 e. The van der Waals surface area contributed by atoms with E-state index in [1.807, 2.05) is 44.2 Å². The van der Waals surface area contributed by atoms with Gasteiger partial charge in [0.1, 0.15) is 11.5 Å². The van der Waals surface area contributed by atoms with Gasteiger partial charge >= 0.3 is 0 Å². The molecular weight excluding hydrogens is 302 g/mol. The van der Waals surface area contributed by atoms with Crippen LogP contribution in [0.2, 0.25) is 0 Å². The van der Waals surface area contributed by atoms with Crippen LogP contribution in [-0.2, 0) is 0 Å². The fourth-order valence-electron chi connectivity index (χ4n) is 3.07. The van der Waals surface area contributed by atoms with Gasteiger partial charge < -0.3 is 4.74 Å². The molecule has 0 spiro atoms. The molecule has 2 aromatic carbocycles. The number of hydrogen-bond donors (Lipinski definition) is 0. The highest BCUT2D eigenvalue weighted by Crippen LogP contribution is 2.47. The number of rotatable bonds is 1. The van der Waals surface area contributed by atoms with E-state index in [0.717, 1.165) is 35.3 Å². The molecule has 0 atom stereocenters. The number of ether oxygens (including phenoxy) is 1. The molecule has 24 heavy (non-hydrogen) atoms. The second kappa shape index (κ2) is 6.71. The first-order valence-electron chi connectivity index (χ1n) is 8.21. The Morgan fingerprint density at radius 3 is 2.46 bits per heavy atom. The van der Waals surface area contributed by atoms with Gasteiger partial charge in [-0.3, -0.25) is 10.1 Å². The lowest BCUT2D eigenvalue weighted by Crippen LogP contribution is -2.01. The normalized spacial score (nSPS) is 14.2. The van der Waals surface area contributed by atoms with Gasteiger partial charge in [0.2, 0.25) is 0 Å². The molecule has 0 amide bonds. The van der Waals surface area contributed by atoms with Crippen LogP contribution in [0, 0.1) is 10.1 Å². The molecule has 0 fully saturated rings. The number of nitrogens with zero attached hydrogens (tertiary/aromatic N) is 1. The van der Waals surface area contributed by atoms with Crippen LogP contribution < -0.4 is 4.74 Å². The van der Waals surface area contributed by atoms with Crippen LogP contribution in [0.4, 0.5) is 5.69 Å². The van der Waals surface area contributed by atoms with E-state index in [1.165, 1.54) is 0 Å². The fourth-order valence-corrected chi connectivity index (χ4v) is 3.07. The van der Waals surface area contributed by atoms with Crippen molar-refractivity contribution in [3.05, 3.63) is 76.1 Å². The van der Waals surface area contributed by atoms with E-state index < -0.39 is 0 Å². The van der Waals surface area contributed by atoms with Gasteiger partial charge in [-0.2, -0.15) is 0 Å². The molecule has 0 N–H and O–H groups in total. The number of hydrogen-bond acceptors (Lipinski definition) is 3. The summed E-state index contributed by atoms with van der Waals surface area (Å²) in [5, 5.41) is 11.5. The Hall–Kier alpha value is -2.88. The molecule has 0 unspecified atom stereocenters. The molecule has 0 saturated heterocycles. The maximum absolute atomic E-state index is 11.5. The minimum atomic E-state index is -0.326. The van der Waals surface area contributed by atoms with Gasteiger partial charge in [0, 0.05) is 17.2 Å². The Labute approximate surface area is 141 Å². The molecule has 2 aromatic rings. The van der Waals surface area contributed by atoms with Gasteiger partial charge in [-0.1, -0.05) is 50.3 Å². The second-order valence-corrected chi connectivity index (χ2v) is 5.32. The Morgan fingerprint density at radius 1 is 0.958 bits per heavy atom. The predicted molar refractivity (Wildman–Crippen MR) is 95.8 cm³/mol. The van der Waals surface area contributed by atoms with E-state index in [-0.39, 0.29) is 10.6 Å². The van der Waals surface area contributed by atoms with Gasteiger partial charge in [0.25, 0.3) is 5.69 Å². The lowest BCUT2D eigenvalue weighted by Gasteiger charge is -2.15. The minimum Gasteiger partial charge on any atom is -0.456 e. The number of allylic oxidation sites excluding steroid dienone is 3. The van der Waals surface area contributed by atoms with Crippen molar-refractivity contribution in [2.45, 2.75) is 26.7 Å². The van der Waals surface area contributed by atoms with Gasteiger partial charge in [-0.25, -0.2) is 0 Å². The summed E-state index contributed by atoms with van der Waals surface area (Å²) in [6, 6.07) is 12.7. The second-order valence-electron chi connectivity index (χ2n) is 5.32. The number of benzene rings is 2. The highest BCUT2D eigenvalue weighted by atomic mass is 16.6. The van der Waals surface area contributed by atoms with Crippen LogP contribution in [0.25, 0.3) is 16.7 Å². The summed E-state index contributed by atoms with van der Waals surface area (Å²) in [5.41, 5.74) is 3.33. The Bertz CT molecular complexity index is 850. The molecule has 4 heteroatoms. The molecule has 0 saturated carbocycles. The molecule has 0 radical (unpaired) electrons. The summed E-state index contributed by atoms with van der Waals surface area (Å²) in [4.78, 5) is 11.2. The summed E-state index contributed by atoms with van der Waals surface area (Å²) in [6.45, 7) is 4.00. The molecule has 1 aliphatic heterocycles. The average Bonchev–Trinajstić information content (AvgIpc) is 2.77. The van der Waals surface area contributed by atoms with Crippen molar-refractivity contribution in [2.75, 3.05) is 0 Å². The molecular formula is C20H19NO3. The Balaban J connectivity index is 0.000000815. The zero-order valence-corrected chi connectivity index (χ0v) is 13.8. The van der Waals surface area contributed by atoms with E-state index in [1.54, 1.807) is 12.1 Å². The summed E-state index contributed by atoms with van der Waals surface area (Å²) in [7, 11) is 0. The predicted octanol–water partition coefficient (Wildman–Crippen LogP) is 5.74. The van der Waals surface area contributed by atoms with E-state index in [2.05, 4.69) is 12.2 Å². The standard InChI is InChI=1S/C18H13NO3.C2H6/c20-19(21)15-9-5-8-13-12-6-1-3-10-16(12)22-17-11-4-2-7-14(17)18(13)15;1-2/h2,4-11H,1,3H2;1-2H3. The summed E-state index contributed by atoms with van der Waals surface area (Å²) in [6.07, 6.45) is 6.00. The van der Waals surface area contributed by atoms with Gasteiger partial charge in [-0.05, 0) is 30.5 Å². The first-order valence-corrected chi connectivity index (χ1v) is 8.21. The molecule has 2 aliphatic rings. The van der Waals surface area contributed by atoms with Gasteiger partial charge in [0.15, 0.2) is 0 Å². The van der Waals surface area contributed by atoms with Gasteiger partial charge in [0.05, 0.1) is 10.5 Å². The zero-order valence-electron chi connectivity index (χ0n) is 13.8. The number of fused-ring (bicyclic) bond motifs is 5. The topological polar surface area (TPSA) is 52.4 Å². The summed E-state index contributed by atoms with van der Waals surface area (Å²) >= 11 is 0. The van der Waals surface area contributed by atoms with Crippen LogP contribution in [0.5, 0.6) is 5.75 Å². The van der Waals surface area contributed by atoms with Gasteiger partial charge in [-0.15, -0.1) is 0 Å². The summed E-state index contributed by atoms with van der Waals surface area (Å²) in [5.74, 6) is 1.45. The average molecular weight is 321 g/mol. The summed E-state index contributed by atoms with van der Waals surface area (Å²) < 4.78 is 6.05. The Morgan fingerprint density at radius 2 is 1.67 bits per heavy atom. The molecule has 1 aliphatic carbocycles. The number of nitro benzene ring substituents is 1. The monoisotopic (exact) mass is 321 g/mol. The van der Waals surface area contributed by atoms with E-state index in [9.17, 15) is 10.1 Å². The van der Waals surface area contributed by atoms with Crippen molar-refractivity contribution in [3.8, 4) is 16.9 Å². The maximum Gasteiger partial charge on any atom is 0.277 e. The van der Waals surface area contributed by atoms with E-state index in [0.29, 0.717) is 11.3 Å². The number of para-hydroxylation sites is 1. The first kappa shape index (κ1) is 16.0. The lowest BCUT2D eigenvalue weighted by molar-refractivity contribution is -0.384. The van der Waals surface area contributed by atoms with E-state index >= 15 is 0 Å². The highest BCUT2D eigenvalue weighted by Gasteiger charge is 2.29. The van der Waals surface area contributed by atoms with Crippen LogP contribution in [0.3, 0.4) is 0 Å². The fraction of sp³-hybridized carbons (Fsp3) is 0.200. The van der Waals surface area contributed by atoms with Crippen molar-refractivity contribution in [1.29, 1.82) is 0 Å². The van der Waals surface area contributed by atoms with Crippen LogP contribution in [0.1, 0.15) is 32.3 Å².